The summed E-state index contributed by atoms with van der Waals surface area (Å²) in [5.41, 5.74) is 1.35. The molecule has 3 aromatic rings. The van der Waals surface area contributed by atoms with Crippen molar-refractivity contribution in [1.29, 1.82) is 0 Å². The Labute approximate surface area is 172 Å². The summed E-state index contributed by atoms with van der Waals surface area (Å²) < 4.78 is 14.5. The highest BCUT2D eigenvalue weighted by atomic mass is 35.5. The quantitative estimate of drug-likeness (QED) is 0.582. The average molecular weight is 417 g/mol. The molecule has 29 heavy (non-hydrogen) atoms. The third-order valence-electron chi connectivity index (χ3n) is 5.24. The third-order valence-corrected chi connectivity index (χ3v) is 5.44. The van der Waals surface area contributed by atoms with Crippen molar-refractivity contribution in [2.75, 3.05) is 5.32 Å². The first-order valence-corrected chi connectivity index (χ1v) is 10.1. The Morgan fingerprint density at radius 1 is 1.28 bits per heavy atom. The summed E-state index contributed by atoms with van der Waals surface area (Å²) in [6.07, 6.45) is 8.61. The number of nitrogens with zero attached hydrogens (tertiary/aromatic N) is 3. The van der Waals surface area contributed by atoms with E-state index in [0.717, 1.165) is 37.3 Å². The van der Waals surface area contributed by atoms with Crippen molar-refractivity contribution >= 4 is 34.4 Å². The molecule has 0 bridgehead atoms. The lowest BCUT2D eigenvalue weighted by atomic mass is 9.90. The molecule has 1 amide bonds. The van der Waals surface area contributed by atoms with Crippen molar-refractivity contribution in [3.05, 3.63) is 35.5 Å². The van der Waals surface area contributed by atoms with Crippen LogP contribution in [0.2, 0.25) is 5.02 Å². The highest BCUT2D eigenvalue weighted by Gasteiger charge is 2.27. The Balaban J connectivity index is 1.62. The van der Waals surface area contributed by atoms with Gasteiger partial charge < -0.3 is 15.6 Å². The minimum atomic E-state index is -0.532. The molecule has 0 spiro atoms. The number of hydrogen-bond acceptors (Lipinski definition) is 5. The highest BCUT2D eigenvalue weighted by molar-refractivity contribution is 6.31. The zero-order valence-corrected chi connectivity index (χ0v) is 16.8. The first-order chi connectivity index (χ1) is 14.0. The van der Waals surface area contributed by atoms with Crippen molar-refractivity contribution in [3.63, 3.8) is 0 Å². The van der Waals surface area contributed by atoms with Crippen molar-refractivity contribution < 1.29 is 9.18 Å². The molecule has 1 aliphatic carbocycles. The van der Waals surface area contributed by atoms with E-state index < -0.39 is 5.82 Å². The molecule has 3 N–H and O–H groups in total. The van der Waals surface area contributed by atoms with Crippen molar-refractivity contribution in [3.8, 4) is 11.4 Å². The number of nitrogens with one attached hydrogen (secondary N) is 3. The highest BCUT2D eigenvalue weighted by Crippen LogP contribution is 2.29. The minimum absolute atomic E-state index is 0.00396. The lowest BCUT2D eigenvalue weighted by Gasteiger charge is -2.33. The van der Waals surface area contributed by atoms with Crippen LogP contribution >= 0.6 is 11.6 Å². The Kier molecular flexibility index (Phi) is 5.62. The van der Waals surface area contributed by atoms with Gasteiger partial charge in [0.05, 0.1) is 11.2 Å². The van der Waals surface area contributed by atoms with Gasteiger partial charge in [0.2, 0.25) is 5.91 Å². The predicted octanol–water partition coefficient (Wildman–Crippen LogP) is 4.06. The van der Waals surface area contributed by atoms with E-state index in [0.29, 0.717) is 28.5 Å². The van der Waals surface area contributed by atoms with Crippen LogP contribution in [-0.4, -0.2) is 37.9 Å². The Bertz CT molecular complexity index is 1040. The number of aromatic amines is 1. The molecular formula is C20H22ClFN6O. The molecule has 4 rings (SSSR count). The molecule has 0 aliphatic heterocycles. The number of H-pyrrole nitrogens is 1. The van der Waals surface area contributed by atoms with E-state index in [9.17, 15) is 9.18 Å². The monoisotopic (exact) mass is 416 g/mol. The maximum Gasteiger partial charge on any atom is 0.220 e. The summed E-state index contributed by atoms with van der Waals surface area (Å²) in [6, 6.07) is 1.63. The van der Waals surface area contributed by atoms with Gasteiger partial charge >= 0.3 is 0 Å². The molecule has 152 valence electrons. The van der Waals surface area contributed by atoms with E-state index in [1.54, 1.807) is 18.5 Å². The number of aromatic nitrogens is 4. The van der Waals surface area contributed by atoms with Gasteiger partial charge in [-0.25, -0.2) is 19.3 Å². The summed E-state index contributed by atoms with van der Waals surface area (Å²) in [5.74, 6) is -0.0391. The number of carbonyl (C=O) groups excluding carboxylic acids is 1. The van der Waals surface area contributed by atoms with Crippen molar-refractivity contribution in [2.45, 2.75) is 51.1 Å². The molecule has 1 saturated carbocycles. The zero-order chi connectivity index (χ0) is 20.4. The van der Waals surface area contributed by atoms with Crippen molar-refractivity contribution in [2.24, 2.45) is 0 Å². The van der Waals surface area contributed by atoms with Gasteiger partial charge in [-0.1, -0.05) is 31.4 Å². The first-order valence-electron chi connectivity index (χ1n) is 9.76. The van der Waals surface area contributed by atoms with Gasteiger partial charge in [0, 0.05) is 41.8 Å². The molecule has 0 radical (unpaired) electrons. The predicted molar refractivity (Wildman–Crippen MR) is 110 cm³/mol. The third kappa shape index (κ3) is 4.17. The molecular weight excluding hydrogens is 395 g/mol. The van der Waals surface area contributed by atoms with Crippen LogP contribution in [0.15, 0.2) is 24.7 Å². The Morgan fingerprint density at radius 3 is 2.86 bits per heavy atom. The van der Waals surface area contributed by atoms with Gasteiger partial charge in [0.25, 0.3) is 0 Å². The summed E-state index contributed by atoms with van der Waals surface area (Å²) >= 11 is 6.07. The second-order valence-electron chi connectivity index (χ2n) is 7.21. The van der Waals surface area contributed by atoms with Gasteiger partial charge in [0.15, 0.2) is 17.5 Å². The van der Waals surface area contributed by atoms with Crippen molar-refractivity contribution in [1.82, 2.24) is 25.3 Å². The molecule has 9 heteroatoms. The van der Waals surface area contributed by atoms with Crippen LogP contribution in [0.3, 0.4) is 0 Å². The second kappa shape index (κ2) is 8.32. The second-order valence-corrected chi connectivity index (χ2v) is 7.64. The minimum Gasteiger partial charge on any atom is -0.363 e. The van der Waals surface area contributed by atoms with Crippen LogP contribution in [0.1, 0.15) is 39.0 Å². The number of halogens is 2. The lowest BCUT2D eigenvalue weighted by molar-refractivity contribution is -0.121. The van der Waals surface area contributed by atoms with Gasteiger partial charge in [-0.2, -0.15) is 0 Å². The summed E-state index contributed by atoms with van der Waals surface area (Å²) in [6.45, 7) is 1.82. The topological polar surface area (TPSA) is 95.6 Å². The van der Waals surface area contributed by atoms with E-state index in [-0.39, 0.29) is 23.8 Å². The lowest BCUT2D eigenvalue weighted by Crippen LogP contribution is -2.48. The van der Waals surface area contributed by atoms with Crippen LogP contribution in [0.25, 0.3) is 22.4 Å². The number of amides is 1. The largest absolute Gasteiger partial charge is 0.363 e. The summed E-state index contributed by atoms with van der Waals surface area (Å²) in [4.78, 5) is 27.7. The number of anilines is 1. The van der Waals surface area contributed by atoms with Crippen LogP contribution in [0.5, 0.6) is 0 Å². The number of fused-ring (bicyclic) bond motifs is 1. The summed E-state index contributed by atoms with van der Waals surface area (Å²) in [5, 5.41) is 7.49. The maximum atomic E-state index is 14.5. The fourth-order valence-corrected chi connectivity index (χ4v) is 3.88. The smallest absolute Gasteiger partial charge is 0.220 e. The SMILES string of the molecule is CCC(=O)N[C@@H]1CCCCC1Nc1nc(-c2c[nH]c3ncc(Cl)cc23)ncc1F. The van der Waals surface area contributed by atoms with E-state index in [1.165, 1.54) is 0 Å². The van der Waals surface area contributed by atoms with E-state index in [4.69, 9.17) is 11.6 Å². The standard InChI is InChI=1S/C20H22ClFN6O/c1-2-17(29)26-15-5-3-4-6-16(15)27-20-14(22)10-25-19(28-20)13-9-24-18-12(13)7-11(21)8-23-18/h7-10,15-16H,2-6H2,1H3,(H,23,24)(H,26,29)(H,25,27,28)/t15-,16?/m1/s1. The van der Waals surface area contributed by atoms with Gasteiger partial charge in [-0.05, 0) is 18.9 Å². The van der Waals surface area contributed by atoms with E-state index >= 15 is 0 Å². The average Bonchev–Trinajstić information content (AvgIpc) is 3.14. The fourth-order valence-electron chi connectivity index (χ4n) is 3.72. The molecule has 3 heterocycles. The molecule has 0 aromatic carbocycles. The normalized spacial score (nSPS) is 19.3. The zero-order valence-electron chi connectivity index (χ0n) is 16.0. The molecule has 3 aromatic heterocycles. The molecule has 7 nitrogen and oxygen atoms in total. The Morgan fingerprint density at radius 2 is 2.07 bits per heavy atom. The van der Waals surface area contributed by atoms with Gasteiger partial charge in [-0.15, -0.1) is 0 Å². The molecule has 1 unspecified atom stereocenters. The van der Waals surface area contributed by atoms with E-state index in [2.05, 4.69) is 30.6 Å². The van der Waals surface area contributed by atoms with Crippen LogP contribution in [0, 0.1) is 5.82 Å². The number of rotatable bonds is 5. The molecule has 1 aliphatic rings. The maximum absolute atomic E-state index is 14.5. The fraction of sp³-hybridized carbons (Fsp3) is 0.400. The first kappa shape index (κ1) is 19.6. The summed E-state index contributed by atoms with van der Waals surface area (Å²) in [7, 11) is 0. The van der Waals surface area contributed by atoms with Crippen LogP contribution in [0.4, 0.5) is 10.2 Å². The van der Waals surface area contributed by atoms with Crippen LogP contribution < -0.4 is 10.6 Å². The molecule has 0 saturated heterocycles. The number of hydrogen-bond donors (Lipinski definition) is 3. The Hall–Kier alpha value is -2.74. The van der Waals surface area contributed by atoms with Gasteiger partial charge in [-0.3, -0.25) is 4.79 Å². The molecule has 1 fully saturated rings. The number of carbonyl (C=O) groups is 1. The van der Waals surface area contributed by atoms with E-state index in [1.807, 2.05) is 6.92 Å². The number of pyridine rings is 1. The van der Waals surface area contributed by atoms with Crippen LogP contribution in [-0.2, 0) is 4.79 Å². The van der Waals surface area contributed by atoms with Gasteiger partial charge in [0.1, 0.15) is 5.65 Å². The molecule has 2 atom stereocenters.